The molecule has 0 spiro atoms. The van der Waals surface area contributed by atoms with Gasteiger partial charge in [0.15, 0.2) is 0 Å². The van der Waals surface area contributed by atoms with Gasteiger partial charge >= 0.3 is 5.97 Å². The Kier molecular flexibility index (Phi) is 7.63. The first kappa shape index (κ1) is 26.1. The Morgan fingerprint density at radius 2 is 2.08 bits per heavy atom. The Hall–Kier alpha value is -3.01. The van der Waals surface area contributed by atoms with Gasteiger partial charge in [0, 0.05) is 36.3 Å². The molecule has 1 aromatic carbocycles. The average Bonchev–Trinajstić information content (AvgIpc) is 3.13. The second-order valence-corrected chi connectivity index (χ2v) is 10.9. The van der Waals surface area contributed by atoms with Gasteiger partial charge in [-0.3, -0.25) is 14.9 Å². The number of nitrogens with zero attached hydrogens (tertiary/aromatic N) is 2. The topological polar surface area (TPSA) is 118 Å². The van der Waals surface area contributed by atoms with Gasteiger partial charge in [-0.2, -0.15) is 0 Å². The van der Waals surface area contributed by atoms with E-state index in [-0.39, 0.29) is 17.6 Å². The van der Waals surface area contributed by atoms with E-state index < -0.39 is 18.1 Å². The summed E-state index contributed by atoms with van der Waals surface area (Å²) in [6, 6.07) is 7.02. The number of carbonyl (C=O) groups is 1. The molecule has 0 aliphatic carbocycles. The Balaban J connectivity index is 1.58. The van der Waals surface area contributed by atoms with Gasteiger partial charge in [-0.05, 0) is 43.0 Å². The zero-order chi connectivity index (χ0) is 26.0. The Morgan fingerprint density at radius 3 is 2.69 bits per heavy atom. The van der Waals surface area contributed by atoms with Gasteiger partial charge in [-0.25, -0.2) is 4.98 Å². The largest absolute Gasteiger partial charge is 0.464 e. The van der Waals surface area contributed by atoms with Gasteiger partial charge in [0.1, 0.15) is 11.9 Å². The average molecular weight is 497 g/mol. The molecule has 2 atom stereocenters. The number of rotatable bonds is 9. The number of esters is 1. The predicted molar refractivity (Wildman–Crippen MR) is 138 cm³/mol. The van der Waals surface area contributed by atoms with Crippen molar-refractivity contribution in [1.82, 2.24) is 19.9 Å². The zero-order valence-corrected chi connectivity index (χ0v) is 21.6. The van der Waals surface area contributed by atoms with Crippen LogP contribution in [0.2, 0.25) is 0 Å². The van der Waals surface area contributed by atoms with E-state index in [0.717, 1.165) is 47.7 Å². The molecule has 4 rings (SSSR count). The number of aliphatic hydroxyl groups excluding tert-OH is 1. The maximum atomic E-state index is 12.6. The number of pyridine rings is 1. The van der Waals surface area contributed by atoms with Gasteiger partial charge in [0.05, 0.1) is 37.0 Å². The summed E-state index contributed by atoms with van der Waals surface area (Å²) in [5.41, 5.74) is 3.94. The first-order valence-corrected chi connectivity index (χ1v) is 12.4. The molecule has 1 fully saturated rings. The molecular formula is C27H36N4O5. The van der Waals surface area contributed by atoms with Crippen LogP contribution in [0.4, 0.5) is 0 Å². The molecule has 2 aromatic heterocycles. The second kappa shape index (κ2) is 10.5. The third-order valence-corrected chi connectivity index (χ3v) is 6.22. The molecule has 9 nitrogen and oxygen atoms in total. The number of hydrogen-bond acceptors (Lipinski definition) is 7. The van der Waals surface area contributed by atoms with Crippen LogP contribution in [0.3, 0.4) is 0 Å². The second-order valence-electron chi connectivity index (χ2n) is 10.9. The molecule has 0 radical (unpaired) electrons. The van der Waals surface area contributed by atoms with Gasteiger partial charge in [0.25, 0.3) is 5.56 Å². The molecular weight excluding hydrogens is 460 g/mol. The highest BCUT2D eigenvalue weighted by Crippen LogP contribution is 2.28. The Labute approximate surface area is 210 Å². The summed E-state index contributed by atoms with van der Waals surface area (Å²) >= 11 is 0. The highest BCUT2D eigenvalue weighted by atomic mass is 16.5. The maximum Gasteiger partial charge on any atom is 0.325 e. The number of carbonyl (C=O) groups excluding carboxylic acids is 1. The van der Waals surface area contributed by atoms with E-state index >= 15 is 0 Å². The quantitative estimate of drug-likeness (QED) is 0.390. The number of aliphatic hydroxyl groups is 1. The molecule has 9 heteroatoms. The van der Waals surface area contributed by atoms with Crippen LogP contribution in [0.25, 0.3) is 22.4 Å². The third kappa shape index (κ3) is 6.03. The summed E-state index contributed by atoms with van der Waals surface area (Å²) in [4.78, 5) is 32.2. The van der Waals surface area contributed by atoms with Crippen LogP contribution < -0.4 is 10.9 Å². The lowest BCUT2D eigenvalue weighted by molar-refractivity contribution is -0.151. The number of benzene rings is 1. The minimum absolute atomic E-state index is 0.115. The molecule has 3 heterocycles. The fourth-order valence-electron chi connectivity index (χ4n) is 4.12. The molecule has 194 valence electrons. The van der Waals surface area contributed by atoms with Crippen molar-refractivity contribution >= 4 is 17.0 Å². The number of hydrogen-bond donors (Lipinski definition) is 3. The minimum Gasteiger partial charge on any atom is -0.464 e. The van der Waals surface area contributed by atoms with E-state index in [0.29, 0.717) is 18.0 Å². The lowest BCUT2D eigenvalue weighted by Crippen LogP contribution is -2.46. The van der Waals surface area contributed by atoms with Crippen LogP contribution in [0.5, 0.6) is 0 Å². The smallest absolute Gasteiger partial charge is 0.325 e. The Morgan fingerprint density at radius 1 is 1.33 bits per heavy atom. The maximum absolute atomic E-state index is 12.6. The van der Waals surface area contributed by atoms with Crippen LogP contribution in [0.1, 0.15) is 38.8 Å². The number of imidazole rings is 1. The molecule has 3 aromatic rings. The Bertz CT molecular complexity index is 1280. The fourth-order valence-corrected chi connectivity index (χ4v) is 4.12. The van der Waals surface area contributed by atoms with Crippen LogP contribution in [0, 0.1) is 18.3 Å². The SMILES string of the molecule is Cc1cc(-c2nc3cc(CNC(C(=O)OCC(C)(C)C)C(C)O)ccc3n2CC2COC2)c[nH]c1=O. The summed E-state index contributed by atoms with van der Waals surface area (Å²) in [5, 5.41) is 13.3. The lowest BCUT2D eigenvalue weighted by atomic mass is 9.98. The molecule has 0 bridgehead atoms. The van der Waals surface area contributed by atoms with Gasteiger partial charge in [-0.15, -0.1) is 0 Å². The summed E-state index contributed by atoms with van der Waals surface area (Å²) in [6.07, 6.45) is 0.795. The number of aryl methyl sites for hydroxylation is 1. The van der Waals surface area contributed by atoms with E-state index in [1.165, 1.54) is 0 Å². The number of fused-ring (bicyclic) bond motifs is 1. The monoisotopic (exact) mass is 496 g/mol. The van der Waals surface area contributed by atoms with Crippen LogP contribution >= 0.6 is 0 Å². The lowest BCUT2D eigenvalue weighted by Gasteiger charge is -2.27. The van der Waals surface area contributed by atoms with Crippen molar-refractivity contribution in [1.29, 1.82) is 0 Å². The van der Waals surface area contributed by atoms with Crippen LogP contribution in [-0.2, 0) is 27.4 Å². The van der Waals surface area contributed by atoms with E-state index in [4.69, 9.17) is 14.5 Å². The van der Waals surface area contributed by atoms with E-state index in [2.05, 4.69) is 14.9 Å². The van der Waals surface area contributed by atoms with Crippen LogP contribution in [0.15, 0.2) is 35.3 Å². The van der Waals surface area contributed by atoms with Crippen molar-refractivity contribution in [3.05, 3.63) is 51.9 Å². The van der Waals surface area contributed by atoms with Crippen molar-refractivity contribution in [2.75, 3.05) is 19.8 Å². The highest BCUT2D eigenvalue weighted by Gasteiger charge is 2.27. The summed E-state index contributed by atoms with van der Waals surface area (Å²) < 4.78 is 13.0. The normalized spacial score (nSPS) is 16.1. The molecule has 0 saturated carbocycles. The molecule has 3 N–H and O–H groups in total. The van der Waals surface area contributed by atoms with Gasteiger partial charge in [0.2, 0.25) is 0 Å². The van der Waals surface area contributed by atoms with Gasteiger partial charge < -0.3 is 24.1 Å². The standard InChI is InChI=1S/C27H36N4O5/c1-16-8-20(11-29-25(16)33)24-30-21-9-18(6-7-22(21)31(24)12-19-13-35-14-19)10-28-23(17(2)32)26(34)36-15-27(3,4)5/h6-9,11,17,19,23,28,32H,10,12-15H2,1-5H3,(H,29,33). The zero-order valence-electron chi connectivity index (χ0n) is 21.6. The highest BCUT2D eigenvalue weighted by molar-refractivity contribution is 5.81. The van der Waals surface area contributed by atoms with Crippen molar-refractivity contribution in [2.45, 2.75) is 59.9 Å². The van der Waals surface area contributed by atoms with Crippen molar-refractivity contribution in [2.24, 2.45) is 11.3 Å². The summed E-state index contributed by atoms with van der Waals surface area (Å²) in [7, 11) is 0. The van der Waals surface area contributed by atoms with E-state index in [1.807, 2.05) is 45.0 Å². The molecule has 1 aliphatic rings. The third-order valence-electron chi connectivity index (χ3n) is 6.22. The van der Waals surface area contributed by atoms with E-state index in [1.54, 1.807) is 20.0 Å². The van der Waals surface area contributed by atoms with Gasteiger partial charge in [-0.1, -0.05) is 26.8 Å². The number of aromatic nitrogens is 3. The molecule has 36 heavy (non-hydrogen) atoms. The number of aromatic amines is 1. The van der Waals surface area contributed by atoms with Crippen molar-refractivity contribution < 1.29 is 19.4 Å². The number of H-pyrrole nitrogens is 1. The molecule has 1 aliphatic heterocycles. The fraction of sp³-hybridized carbons (Fsp3) is 0.519. The first-order valence-electron chi connectivity index (χ1n) is 12.4. The predicted octanol–water partition coefficient (Wildman–Crippen LogP) is 2.77. The summed E-state index contributed by atoms with van der Waals surface area (Å²) in [5.74, 6) is 0.731. The summed E-state index contributed by atoms with van der Waals surface area (Å²) in [6.45, 7) is 12.2. The molecule has 2 unspecified atom stereocenters. The van der Waals surface area contributed by atoms with E-state index in [9.17, 15) is 14.7 Å². The number of ether oxygens (including phenoxy) is 2. The molecule has 1 saturated heterocycles. The van der Waals surface area contributed by atoms with Crippen LogP contribution in [-0.4, -0.2) is 57.6 Å². The molecule has 0 amide bonds. The van der Waals surface area contributed by atoms with Crippen molar-refractivity contribution in [3.8, 4) is 11.4 Å². The number of nitrogens with one attached hydrogen (secondary N) is 2. The first-order chi connectivity index (χ1) is 17.0. The van der Waals surface area contributed by atoms with Crippen molar-refractivity contribution in [3.63, 3.8) is 0 Å². The minimum atomic E-state index is -0.903.